The van der Waals surface area contributed by atoms with E-state index in [-0.39, 0.29) is 11.8 Å². The molecule has 2 aromatic heterocycles. The number of aromatic amines is 1. The van der Waals surface area contributed by atoms with Gasteiger partial charge < -0.3 is 10.2 Å². The Morgan fingerprint density at radius 1 is 1.21 bits per heavy atom. The highest BCUT2D eigenvalue weighted by Gasteiger charge is 2.50. The van der Waals surface area contributed by atoms with Gasteiger partial charge in [-0.2, -0.15) is 5.10 Å². The number of hydrogen-bond acceptors (Lipinski definition) is 6. The fraction of sp³-hybridized carbons (Fsp3) is 0.304. The molecule has 0 spiro atoms. The Morgan fingerprint density at radius 2 is 2.00 bits per heavy atom. The Balaban J connectivity index is 1.35. The molecule has 2 heterocycles. The molecule has 1 fully saturated rings. The molecule has 4 aromatic rings. The first-order valence-corrected chi connectivity index (χ1v) is 12.0. The van der Waals surface area contributed by atoms with Gasteiger partial charge in [-0.05, 0) is 57.0 Å². The lowest BCUT2D eigenvalue weighted by Crippen LogP contribution is -2.37. The summed E-state index contributed by atoms with van der Waals surface area (Å²) in [5, 5.41) is 15.3. The van der Waals surface area contributed by atoms with Gasteiger partial charge in [0, 0.05) is 24.2 Å². The number of thiazole rings is 1. The molecule has 170 valence electrons. The Bertz CT molecular complexity index is 1370. The van der Waals surface area contributed by atoms with E-state index in [2.05, 4.69) is 25.8 Å². The number of benzene rings is 2. The number of nitrogens with one attached hydrogen (secondary N) is 3. The smallest absolute Gasteiger partial charge is 0.255 e. The largest absolute Gasteiger partial charge is 0.371 e. The monoisotopic (exact) mass is 482 g/mol. The predicted molar refractivity (Wildman–Crippen MR) is 132 cm³/mol. The van der Waals surface area contributed by atoms with E-state index >= 15 is 0 Å². The van der Waals surface area contributed by atoms with Crippen molar-refractivity contribution in [2.24, 2.45) is 0 Å². The third kappa shape index (κ3) is 3.91. The molecule has 0 saturated heterocycles. The molecule has 0 unspecified atom stereocenters. The Labute approximate surface area is 199 Å². The minimum absolute atomic E-state index is 0.122. The lowest BCUT2D eigenvalue weighted by molar-refractivity contribution is -0.117. The number of carbonyl (C=O) groups is 2. The Hall–Kier alpha value is -3.17. The standard InChI is InChI=1S/C23H23ClN6O2S/c1-3-30(4-2)20(31)14-11-13(5-6-16(14)24)28-23(9-10-23)21(32)27-22-26-18-8-7-17-15(12-25-29-17)19(18)33-22/h5-8,11-12,28H,3-4,9-10H2,1-2H3,(H,25,29)(H,26,27,32). The number of nitrogens with zero attached hydrogens (tertiary/aromatic N) is 3. The van der Waals surface area contributed by atoms with Crippen molar-refractivity contribution in [1.82, 2.24) is 20.1 Å². The van der Waals surface area contributed by atoms with Crippen LogP contribution >= 0.6 is 22.9 Å². The zero-order valence-corrected chi connectivity index (χ0v) is 19.8. The minimum atomic E-state index is -0.730. The first-order chi connectivity index (χ1) is 15.9. The number of hydrogen-bond donors (Lipinski definition) is 3. The third-order valence-corrected chi connectivity index (χ3v) is 7.36. The van der Waals surface area contributed by atoms with Crippen LogP contribution in [0.3, 0.4) is 0 Å². The minimum Gasteiger partial charge on any atom is -0.371 e. The molecule has 3 N–H and O–H groups in total. The van der Waals surface area contributed by atoms with E-state index in [9.17, 15) is 9.59 Å². The van der Waals surface area contributed by atoms with Crippen LogP contribution in [0.15, 0.2) is 36.5 Å². The zero-order valence-electron chi connectivity index (χ0n) is 18.2. The molecule has 0 radical (unpaired) electrons. The van der Waals surface area contributed by atoms with Crippen LogP contribution in [-0.4, -0.2) is 50.5 Å². The van der Waals surface area contributed by atoms with Crippen LogP contribution in [0, 0.1) is 0 Å². The molecule has 1 saturated carbocycles. The summed E-state index contributed by atoms with van der Waals surface area (Å²) >= 11 is 7.74. The molecule has 1 aliphatic rings. The van der Waals surface area contributed by atoms with Gasteiger partial charge in [0.15, 0.2) is 5.13 Å². The Morgan fingerprint density at radius 3 is 2.73 bits per heavy atom. The van der Waals surface area contributed by atoms with Gasteiger partial charge in [0.1, 0.15) is 5.54 Å². The second-order valence-electron chi connectivity index (χ2n) is 8.10. The number of aromatic nitrogens is 3. The molecule has 33 heavy (non-hydrogen) atoms. The Kier molecular flexibility index (Phi) is 5.46. The lowest BCUT2D eigenvalue weighted by atomic mass is 10.1. The van der Waals surface area contributed by atoms with Crippen molar-refractivity contribution in [2.75, 3.05) is 23.7 Å². The van der Waals surface area contributed by atoms with Crippen LogP contribution in [0.2, 0.25) is 5.02 Å². The molecule has 10 heteroatoms. The van der Waals surface area contributed by atoms with Gasteiger partial charge in [0.25, 0.3) is 11.8 Å². The van der Waals surface area contributed by atoms with Crippen molar-refractivity contribution in [3.63, 3.8) is 0 Å². The van der Waals surface area contributed by atoms with E-state index in [1.54, 1.807) is 29.3 Å². The van der Waals surface area contributed by atoms with E-state index in [1.807, 2.05) is 26.0 Å². The maximum absolute atomic E-state index is 13.2. The van der Waals surface area contributed by atoms with Gasteiger partial charge in [0.05, 0.1) is 32.5 Å². The van der Waals surface area contributed by atoms with Gasteiger partial charge >= 0.3 is 0 Å². The van der Waals surface area contributed by atoms with Crippen molar-refractivity contribution >= 4 is 66.7 Å². The number of rotatable bonds is 7. The van der Waals surface area contributed by atoms with Gasteiger partial charge in [-0.15, -0.1) is 0 Å². The normalized spacial score (nSPS) is 14.4. The summed E-state index contributed by atoms with van der Waals surface area (Å²) in [5.41, 5.74) is 2.14. The van der Waals surface area contributed by atoms with E-state index in [0.29, 0.717) is 47.3 Å². The zero-order chi connectivity index (χ0) is 23.2. The highest BCUT2D eigenvalue weighted by Crippen LogP contribution is 2.41. The second-order valence-corrected chi connectivity index (χ2v) is 9.50. The number of carbonyl (C=O) groups excluding carboxylic acids is 2. The molecule has 0 atom stereocenters. The van der Waals surface area contributed by atoms with Crippen molar-refractivity contribution < 1.29 is 9.59 Å². The lowest BCUT2D eigenvalue weighted by Gasteiger charge is -2.21. The van der Waals surface area contributed by atoms with Gasteiger partial charge in [-0.1, -0.05) is 22.9 Å². The summed E-state index contributed by atoms with van der Waals surface area (Å²) in [6.07, 6.45) is 3.15. The molecule has 2 amide bonds. The second kappa shape index (κ2) is 8.31. The maximum Gasteiger partial charge on any atom is 0.255 e. The SMILES string of the molecule is CCN(CC)C(=O)c1cc(NC2(C(=O)Nc3nc4ccc5[nH]ncc5c4s3)CC2)ccc1Cl. The van der Waals surface area contributed by atoms with Crippen molar-refractivity contribution in [3.8, 4) is 0 Å². The van der Waals surface area contributed by atoms with Crippen LogP contribution < -0.4 is 10.6 Å². The fourth-order valence-electron chi connectivity index (χ4n) is 3.93. The van der Waals surface area contributed by atoms with Crippen LogP contribution in [0.1, 0.15) is 37.0 Å². The van der Waals surface area contributed by atoms with Crippen LogP contribution in [0.4, 0.5) is 10.8 Å². The highest BCUT2D eigenvalue weighted by molar-refractivity contribution is 7.23. The summed E-state index contributed by atoms with van der Waals surface area (Å²) < 4.78 is 0.978. The van der Waals surface area contributed by atoms with Gasteiger partial charge in [-0.25, -0.2) is 4.98 Å². The molecule has 2 aromatic carbocycles. The van der Waals surface area contributed by atoms with Crippen molar-refractivity contribution in [2.45, 2.75) is 32.2 Å². The molecule has 5 rings (SSSR count). The van der Waals surface area contributed by atoms with E-state index in [4.69, 9.17) is 11.6 Å². The summed E-state index contributed by atoms with van der Waals surface area (Å²) in [7, 11) is 0. The van der Waals surface area contributed by atoms with Gasteiger partial charge in [-0.3, -0.25) is 20.0 Å². The number of fused-ring (bicyclic) bond motifs is 3. The molecule has 0 aliphatic heterocycles. The fourth-order valence-corrected chi connectivity index (χ4v) is 5.10. The average molecular weight is 483 g/mol. The molecule has 1 aliphatic carbocycles. The van der Waals surface area contributed by atoms with E-state index in [0.717, 1.165) is 21.1 Å². The number of H-pyrrole nitrogens is 1. The van der Waals surface area contributed by atoms with Crippen LogP contribution in [0.5, 0.6) is 0 Å². The van der Waals surface area contributed by atoms with Crippen molar-refractivity contribution in [3.05, 3.63) is 47.1 Å². The summed E-state index contributed by atoms with van der Waals surface area (Å²) in [6.45, 7) is 5.06. The highest BCUT2D eigenvalue weighted by atomic mass is 35.5. The van der Waals surface area contributed by atoms with E-state index < -0.39 is 5.54 Å². The third-order valence-electron chi connectivity index (χ3n) is 6.01. The molecule has 0 bridgehead atoms. The quantitative estimate of drug-likeness (QED) is 0.348. The maximum atomic E-state index is 13.2. The summed E-state index contributed by atoms with van der Waals surface area (Å²) in [4.78, 5) is 32.3. The summed E-state index contributed by atoms with van der Waals surface area (Å²) in [6, 6.07) is 9.05. The topological polar surface area (TPSA) is 103 Å². The molecular weight excluding hydrogens is 460 g/mol. The number of anilines is 2. The van der Waals surface area contributed by atoms with Crippen LogP contribution in [0.25, 0.3) is 21.1 Å². The first kappa shape index (κ1) is 21.7. The molecule has 8 nitrogen and oxygen atoms in total. The molecular formula is C23H23ClN6O2S. The number of amides is 2. The van der Waals surface area contributed by atoms with Crippen molar-refractivity contribution in [1.29, 1.82) is 0 Å². The summed E-state index contributed by atoms with van der Waals surface area (Å²) in [5.74, 6) is -0.264. The average Bonchev–Trinajstić information content (AvgIpc) is 3.23. The number of halogens is 1. The first-order valence-electron chi connectivity index (χ1n) is 10.8. The predicted octanol–water partition coefficient (Wildman–Crippen LogP) is 4.89. The van der Waals surface area contributed by atoms with Crippen LogP contribution in [-0.2, 0) is 4.79 Å². The van der Waals surface area contributed by atoms with E-state index in [1.165, 1.54) is 11.3 Å². The van der Waals surface area contributed by atoms with Gasteiger partial charge in [0.2, 0.25) is 0 Å².